The lowest BCUT2D eigenvalue weighted by atomic mass is 9.95. The van der Waals surface area contributed by atoms with E-state index in [0.717, 1.165) is 25.7 Å². The highest BCUT2D eigenvalue weighted by Gasteiger charge is 2.11. The second-order valence-electron chi connectivity index (χ2n) is 5.15. The largest absolute Gasteiger partial charge is 0.328 e. The molecule has 0 radical (unpaired) electrons. The monoisotopic (exact) mass is 229 g/mol. The van der Waals surface area contributed by atoms with Crippen molar-refractivity contribution in [1.82, 2.24) is 0 Å². The first-order chi connectivity index (χ1) is 8.20. The summed E-state index contributed by atoms with van der Waals surface area (Å²) in [5, 5.41) is 0. The van der Waals surface area contributed by atoms with E-state index < -0.39 is 0 Å². The Labute approximate surface area is 105 Å². The highest BCUT2D eigenvalue weighted by molar-refractivity contribution is 5.63. The molecule has 0 saturated heterocycles. The van der Waals surface area contributed by atoms with Crippen molar-refractivity contribution in [3.8, 4) is 0 Å². The van der Waals surface area contributed by atoms with Crippen LogP contribution in [0.4, 0.5) is 0 Å². The van der Waals surface area contributed by atoms with Crippen LogP contribution in [0.1, 0.15) is 48.9 Å². The minimum absolute atomic E-state index is 0.329. The number of hydrogen-bond donors (Lipinski definition) is 1. The number of aryl methyl sites for hydroxylation is 2. The van der Waals surface area contributed by atoms with Crippen LogP contribution in [0.25, 0.3) is 6.08 Å². The topological polar surface area (TPSA) is 26.0 Å². The van der Waals surface area contributed by atoms with Gasteiger partial charge in [0, 0.05) is 6.04 Å². The zero-order chi connectivity index (χ0) is 12.3. The Morgan fingerprint density at radius 2 is 2.18 bits per heavy atom. The molecule has 1 aromatic rings. The standard InChI is InChI=1S/C16H23N/c1-3-14-10-13(7-4-6-12(2)17)11-15-8-5-9-16(14)15/h5,8,10-12H,3-4,6-7,9,17H2,1-2H3/t12-/m0/s1. The van der Waals surface area contributed by atoms with E-state index in [1.165, 1.54) is 23.1 Å². The van der Waals surface area contributed by atoms with Gasteiger partial charge in [0.25, 0.3) is 0 Å². The smallest absolute Gasteiger partial charge is 0.00105 e. The summed E-state index contributed by atoms with van der Waals surface area (Å²) in [5.74, 6) is 0. The van der Waals surface area contributed by atoms with E-state index in [4.69, 9.17) is 5.73 Å². The van der Waals surface area contributed by atoms with Crippen molar-refractivity contribution in [3.63, 3.8) is 0 Å². The van der Waals surface area contributed by atoms with E-state index in [1.807, 2.05) is 0 Å². The number of fused-ring (bicyclic) bond motifs is 1. The third kappa shape index (κ3) is 2.98. The molecule has 1 nitrogen and oxygen atoms in total. The molecular formula is C16H23N. The fraction of sp³-hybridized carbons (Fsp3) is 0.500. The van der Waals surface area contributed by atoms with Crippen molar-refractivity contribution in [2.45, 2.75) is 52.0 Å². The van der Waals surface area contributed by atoms with Gasteiger partial charge in [0.1, 0.15) is 0 Å². The van der Waals surface area contributed by atoms with Crippen LogP contribution in [-0.2, 0) is 19.3 Å². The summed E-state index contributed by atoms with van der Waals surface area (Å²) in [7, 11) is 0. The van der Waals surface area contributed by atoms with Crippen molar-refractivity contribution >= 4 is 6.08 Å². The summed E-state index contributed by atoms with van der Waals surface area (Å²) < 4.78 is 0. The predicted molar refractivity (Wildman–Crippen MR) is 75.1 cm³/mol. The van der Waals surface area contributed by atoms with Crippen LogP contribution in [0.3, 0.4) is 0 Å². The zero-order valence-electron chi connectivity index (χ0n) is 11.0. The predicted octanol–water partition coefficient (Wildman–Crippen LogP) is 3.49. The van der Waals surface area contributed by atoms with Crippen molar-refractivity contribution in [2.75, 3.05) is 0 Å². The number of nitrogens with two attached hydrogens (primary N) is 1. The maximum Gasteiger partial charge on any atom is 0.00105 e. The number of benzene rings is 1. The first-order valence-electron chi connectivity index (χ1n) is 6.77. The molecule has 1 aromatic carbocycles. The van der Waals surface area contributed by atoms with Gasteiger partial charge in [-0.05, 0) is 61.3 Å². The lowest BCUT2D eigenvalue weighted by Crippen LogP contribution is -2.14. The third-order valence-electron chi connectivity index (χ3n) is 3.56. The highest BCUT2D eigenvalue weighted by Crippen LogP contribution is 2.26. The lowest BCUT2D eigenvalue weighted by Gasteiger charge is -2.11. The minimum Gasteiger partial charge on any atom is -0.328 e. The van der Waals surface area contributed by atoms with Gasteiger partial charge in [-0.25, -0.2) is 0 Å². The van der Waals surface area contributed by atoms with Crippen LogP contribution >= 0.6 is 0 Å². The first kappa shape index (κ1) is 12.4. The summed E-state index contributed by atoms with van der Waals surface area (Å²) in [6.07, 6.45) is 10.3. The molecule has 0 spiro atoms. The molecule has 0 aliphatic heterocycles. The first-order valence-corrected chi connectivity index (χ1v) is 6.77. The Morgan fingerprint density at radius 1 is 1.35 bits per heavy atom. The van der Waals surface area contributed by atoms with Crippen LogP contribution < -0.4 is 5.73 Å². The molecule has 0 heterocycles. The number of hydrogen-bond acceptors (Lipinski definition) is 1. The van der Waals surface area contributed by atoms with Gasteiger partial charge in [-0.3, -0.25) is 0 Å². The van der Waals surface area contributed by atoms with Crippen LogP contribution in [-0.4, -0.2) is 6.04 Å². The van der Waals surface area contributed by atoms with Crippen LogP contribution in [0.5, 0.6) is 0 Å². The molecule has 2 N–H and O–H groups in total. The summed E-state index contributed by atoms with van der Waals surface area (Å²) >= 11 is 0. The zero-order valence-corrected chi connectivity index (χ0v) is 11.0. The number of allylic oxidation sites excluding steroid dienone is 1. The Balaban J connectivity index is 2.10. The maximum absolute atomic E-state index is 5.79. The summed E-state index contributed by atoms with van der Waals surface area (Å²) in [6, 6.07) is 5.08. The Kier molecular flexibility index (Phi) is 4.01. The lowest BCUT2D eigenvalue weighted by molar-refractivity contribution is 0.624. The second kappa shape index (κ2) is 5.50. The van der Waals surface area contributed by atoms with Crippen LogP contribution in [0.2, 0.25) is 0 Å². The van der Waals surface area contributed by atoms with Crippen molar-refractivity contribution in [3.05, 3.63) is 40.5 Å². The Bertz CT molecular complexity index is 416. The van der Waals surface area contributed by atoms with Gasteiger partial charge < -0.3 is 5.73 Å². The molecule has 17 heavy (non-hydrogen) atoms. The highest BCUT2D eigenvalue weighted by atomic mass is 14.6. The second-order valence-corrected chi connectivity index (χ2v) is 5.15. The molecule has 0 bridgehead atoms. The summed E-state index contributed by atoms with van der Waals surface area (Å²) in [4.78, 5) is 0. The molecule has 0 saturated carbocycles. The van der Waals surface area contributed by atoms with E-state index in [2.05, 4.69) is 38.1 Å². The van der Waals surface area contributed by atoms with E-state index in [9.17, 15) is 0 Å². The van der Waals surface area contributed by atoms with E-state index in [0.29, 0.717) is 6.04 Å². The molecule has 92 valence electrons. The Hall–Kier alpha value is -1.08. The van der Waals surface area contributed by atoms with Gasteiger partial charge in [-0.15, -0.1) is 0 Å². The summed E-state index contributed by atoms with van der Waals surface area (Å²) in [6.45, 7) is 4.34. The van der Waals surface area contributed by atoms with Crippen molar-refractivity contribution < 1.29 is 0 Å². The molecule has 1 aliphatic rings. The molecule has 1 heteroatoms. The Morgan fingerprint density at radius 3 is 2.88 bits per heavy atom. The fourth-order valence-corrected chi connectivity index (χ4v) is 2.61. The average molecular weight is 229 g/mol. The minimum atomic E-state index is 0.329. The third-order valence-corrected chi connectivity index (χ3v) is 3.56. The molecule has 1 atom stereocenters. The molecule has 0 amide bonds. The van der Waals surface area contributed by atoms with Gasteiger partial charge in [-0.1, -0.05) is 31.2 Å². The van der Waals surface area contributed by atoms with Gasteiger partial charge in [0.2, 0.25) is 0 Å². The van der Waals surface area contributed by atoms with Crippen LogP contribution in [0.15, 0.2) is 18.2 Å². The van der Waals surface area contributed by atoms with E-state index in [-0.39, 0.29) is 0 Å². The maximum atomic E-state index is 5.79. The van der Waals surface area contributed by atoms with Gasteiger partial charge in [0.05, 0.1) is 0 Å². The molecule has 1 aliphatic carbocycles. The quantitative estimate of drug-likeness (QED) is 0.821. The molecule has 2 rings (SSSR count). The van der Waals surface area contributed by atoms with Gasteiger partial charge in [-0.2, -0.15) is 0 Å². The molecule has 0 unspecified atom stereocenters. The molecular weight excluding hydrogens is 206 g/mol. The van der Waals surface area contributed by atoms with Crippen molar-refractivity contribution in [1.29, 1.82) is 0 Å². The molecule has 0 fully saturated rings. The van der Waals surface area contributed by atoms with Crippen molar-refractivity contribution in [2.24, 2.45) is 5.73 Å². The number of rotatable bonds is 5. The van der Waals surface area contributed by atoms with E-state index >= 15 is 0 Å². The normalized spacial score (nSPS) is 15.0. The fourth-order valence-electron chi connectivity index (χ4n) is 2.61. The molecule has 0 aromatic heterocycles. The summed E-state index contributed by atoms with van der Waals surface area (Å²) in [5.41, 5.74) is 11.8. The van der Waals surface area contributed by atoms with E-state index in [1.54, 1.807) is 5.56 Å². The van der Waals surface area contributed by atoms with Gasteiger partial charge in [0.15, 0.2) is 0 Å². The van der Waals surface area contributed by atoms with Gasteiger partial charge >= 0.3 is 0 Å². The van der Waals surface area contributed by atoms with Crippen LogP contribution in [0, 0.1) is 0 Å². The average Bonchev–Trinajstić information content (AvgIpc) is 2.75. The SMILES string of the molecule is CCc1cc(CCC[C@H](C)N)cc2c1CC=C2.